The molecule has 0 aliphatic rings. The van der Waals surface area contributed by atoms with Crippen LogP contribution in [0.2, 0.25) is 0 Å². The minimum atomic E-state index is -2.15. The lowest BCUT2D eigenvalue weighted by Crippen LogP contribution is -2.29. The Morgan fingerprint density at radius 1 is 1.04 bits per heavy atom. The second-order valence-electron chi connectivity index (χ2n) is 5.49. The van der Waals surface area contributed by atoms with Crippen molar-refractivity contribution in [3.63, 3.8) is 0 Å². The molecule has 1 aromatic carbocycles. The average molecular weight is 384 g/mol. The molecule has 128 valence electrons. The molecule has 2 amide bonds. The van der Waals surface area contributed by atoms with Gasteiger partial charge in [-0.1, -0.05) is 34.8 Å². The van der Waals surface area contributed by atoms with Gasteiger partial charge in [-0.25, -0.2) is 4.79 Å². The fraction of sp³-hybridized carbons (Fsp3) is 0.429. The minimum Gasteiger partial charge on any atom is -0.497 e. The summed E-state index contributed by atoms with van der Waals surface area (Å²) in [6, 6.07) is 4.59. The van der Waals surface area contributed by atoms with Crippen molar-refractivity contribution in [2.24, 2.45) is 0 Å². The molecule has 0 spiro atoms. The van der Waals surface area contributed by atoms with E-state index in [1.165, 1.54) is 19.2 Å². The van der Waals surface area contributed by atoms with Crippen molar-refractivity contribution in [1.29, 1.82) is 0 Å². The van der Waals surface area contributed by atoms with Gasteiger partial charge in [0.15, 0.2) is 0 Å². The largest absolute Gasteiger partial charge is 0.497 e. The molecule has 0 unspecified atom stereocenters. The maximum absolute atomic E-state index is 11.9. The maximum atomic E-state index is 11.9. The van der Waals surface area contributed by atoms with Gasteiger partial charge in [-0.15, -0.1) is 0 Å². The first kappa shape index (κ1) is 19.7. The highest BCUT2D eigenvalue weighted by Crippen LogP contribution is 2.32. The lowest BCUT2D eigenvalue weighted by Gasteiger charge is -2.21. The van der Waals surface area contributed by atoms with Crippen LogP contribution in [0.5, 0.6) is 5.75 Å². The third kappa shape index (κ3) is 6.72. The maximum Gasteiger partial charge on any atom is 0.412 e. The highest BCUT2D eigenvalue weighted by Gasteiger charge is 2.31. The monoisotopic (exact) mass is 382 g/mol. The van der Waals surface area contributed by atoms with Gasteiger partial charge in [0.1, 0.15) is 11.4 Å². The number of carbonyl (C=O) groups is 2. The van der Waals surface area contributed by atoms with Gasteiger partial charge in [0.25, 0.3) is 9.70 Å². The third-order valence-electron chi connectivity index (χ3n) is 2.37. The van der Waals surface area contributed by atoms with E-state index in [2.05, 4.69) is 10.6 Å². The zero-order valence-electron chi connectivity index (χ0n) is 13.0. The number of halogens is 3. The van der Waals surface area contributed by atoms with Crippen molar-refractivity contribution in [2.45, 2.75) is 30.2 Å². The second-order valence-corrected chi connectivity index (χ2v) is 7.77. The fourth-order valence-electron chi connectivity index (χ4n) is 1.47. The topological polar surface area (TPSA) is 76.7 Å². The predicted octanol–water partition coefficient (Wildman–Crippen LogP) is 4.35. The van der Waals surface area contributed by atoms with Crippen LogP contribution in [0, 0.1) is 0 Å². The summed E-state index contributed by atoms with van der Waals surface area (Å²) < 4.78 is 8.08. The Hall–Kier alpha value is -1.37. The molecule has 0 aromatic heterocycles. The van der Waals surface area contributed by atoms with Crippen LogP contribution >= 0.6 is 34.8 Å². The third-order valence-corrected chi connectivity index (χ3v) is 2.88. The molecule has 0 radical (unpaired) electrons. The second kappa shape index (κ2) is 7.47. The van der Waals surface area contributed by atoms with Gasteiger partial charge >= 0.3 is 6.09 Å². The van der Waals surface area contributed by atoms with Crippen molar-refractivity contribution in [2.75, 3.05) is 17.7 Å². The van der Waals surface area contributed by atoms with Crippen molar-refractivity contribution >= 4 is 58.2 Å². The number of amides is 2. The Balaban J connectivity index is 3.03. The molecule has 2 N–H and O–H groups in total. The van der Waals surface area contributed by atoms with E-state index in [4.69, 9.17) is 44.3 Å². The van der Waals surface area contributed by atoms with Gasteiger partial charge in [0.2, 0.25) is 0 Å². The molecule has 0 aliphatic carbocycles. The molecule has 0 atom stereocenters. The molecule has 23 heavy (non-hydrogen) atoms. The Morgan fingerprint density at radius 3 is 2.13 bits per heavy atom. The van der Waals surface area contributed by atoms with Crippen LogP contribution in [-0.2, 0) is 9.53 Å². The summed E-state index contributed by atoms with van der Waals surface area (Å²) in [7, 11) is 1.46. The van der Waals surface area contributed by atoms with Crippen molar-refractivity contribution < 1.29 is 19.1 Å². The molecule has 0 bridgehead atoms. The molecule has 0 heterocycles. The number of ether oxygens (including phenoxy) is 2. The smallest absolute Gasteiger partial charge is 0.412 e. The van der Waals surface area contributed by atoms with Crippen LogP contribution in [0.25, 0.3) is 0 Å². The lowest BCUT2D eigenvalue weighted by molar-refractivity contribution is -0.115. The van der Waals surface area contributed by atoms with Crippen LogP contribution in [-0.4, -0.2) is 28.5 Å². The number of hydrogen-bond acceptors (Lipinski definition) is 4. The molecule has 0 saturated heterocycles. The summed E-state index contributed by atoms with van der Waals surface area (Å²) in [5, 5.41) is 4.92. The summed E-state index contributed by atoms with van der Waals surface area (Å²) >= 11 is 16.6. The number of nitrogens with one attached hydrogen (secondary N) is 2. The van der Waals surface area contributed by atoms with Crippen LogP contribution in [0.4, 0.5) is 16.2 Å². The van der Waals surface area contributed by atoms with E-state index in [-0.39, 0.29) is 11.4 Å². The number of anilines is 2. The first-order chi connectivity index (χ1) is 10.4. The van der Waals surface area contributed by atoms with Gasteiger partial charge in [0, 0.05) is 6.07 Å². The van der Waals surface area contributed by atoms with Crippen LogP contribution in [0.1, 0.15) is 20.8 Å². The summed E-state index contributed by atoms with van der Waals surface area (Å²) in [4.78, 5) is 23.7. The number of hydrogen-bond donors (Lipinski definition) is 2. The molecular formula is C14H17Cl3N2O4. The Labute approximate surface area is 149 Å². The minimum absolute atomic E-state index is 0.200. The van der Waals surface area contributed by atoms with E-state index in [0.29, 0.717) is 5.75 Å². The summed E-state index contributed by atoms with van der Waals surface area (Å²) in [5.41, 5.74) is -0.202. The number of benzene rings is 1. The standard InChI is InChI=1S/C14H17Cl3N2O4/c1-13(2,3)23-12(21)19-9-6-5-8(22-4)7-10(9)18-11(20)14(15,16)17/h5-7H,1-4H3,(H,18,20)(H,19,21). The molecule has 0 aliphatic heterocycles. The Kier molecular flexibility index (Phi) is 6.39. The van der Waals surface area contributed by atoms with Crippen LogP contribution in [0.3, 0.4) is 0 Å². The van der Waals surface area contributed by atoms with Crippen LogP contribution < -0.4 is 15.4 Å². The van der Waals surface area contributed by atoms with Gasteiger partial charge in [-0.2, -0.15) is 0 Å². The van der Waals surface area contributed by atoms with Gasteiger partial charge in [0.05, 0.1) is 18.5 Å². The van der Waals surface area contributed by atoms with Crippen molar-refractivity contribution in [3.8, 4) is 5.75 Å². The average Bonchev–Trinajstić information content (AvgIpc) is 2.37. The van der Waals surface area contributed by atoms with Gasteiger partial charge < -0.3 is 14.8 Å². The van der Waals surface area contributed by atoms with E-state index < -0.39 is 21.4 Å². The molecule has 6 nitrogen and oxygen atoms in total. The van der Waals surface area contributed by atoms with E-state index in [0.717, 1.165) is 0 Å². The fourth-order valence-corrected chi connectivity index (χ4v) is 1.61. The van der Waals surface area contributed by atoms with E-state index in [1.807, 2.05) is 0 Å². The van der Waals surface area contributed by atoms with E-state index in [9.17, 15) is 9.59 Å². The molecular weight excluding hydrogens is 367 g/mol. The molecule has 9 heteroatoms. The first-order valence-electron chi connectivity index (χ1n) is 6.48. The highest BCUT2D eigenvalue weighted by atomic mass is 35.6. The molecule has 1 rings (SSSR count). The zero-order valence-corrected chi connectivity index (χ0v) is 15.3. The Bertz CT molecular complexity index is 595. The Morgan fingerprint density at radius 2 is 1.65 bits per heavy atom. The van der Waals surface area contributed by atoms with Crippen molar-refractivity contribution in [1.82, 2.24) is 0 Å². The van der Waals surface area contributed by atoms with E-state index >= 15 is 0 Å². The first-order valence-corrected chi connectivity index (χ1v) is 7.62. The lowest BCUT2D eigenvalue weighted by atomic mass is 10.2. The quantitative estimate of drug-likeness (QED) is 0.761. The molecule has 0 saturated carbocycles. The molecule has 1 aromatic rings. The normalized spacial score (nSPS) is 11.6. The summed E-state index contributed by atoms with van der Waals surface area (Å²) in [5.74, 6) is -0.428. The predicted molar refractivity (Wildman–Crippen MR) is 91.8 cm³/mol. The van der Waals surface area contributed by atoms with E-state index in [1.54, 1.807) is 26.8 Å². The van der Waals surface area contributed by atoms with Gasteiger partial charge in [-0.3, -0.25) is 10.1 Å². The number of rotatable bonds is 3. The summed E-state index contributed by atoms with van der Waals surface area (Å²) in [6.45, 7) is 5.18. The number of alkyl halides is 3. The number of carbonyl (C=O) groups excluding carboxylic acids is 2. The highest BCUT2D eigenvalue weighted by molar-refractivity contribution is 6.76. The van der Waals surface area contributed by atoms with Gasteiger partial charge in [-0.05, 0) is 32.9 Å². The van der Waals surface area contributed by atoms with Crippen molar-refractivity contribution in [3.05, 3.63) is 18.2 Å². The molecule has 0 fully saturated rings. The zero-order chi connectivity index (χ0) is 17.8. The SMILES string of the molecule is COc1ccc(NC(=O)OC(C)(C)C)c(NC(=O)C(Cl)(Cl)Cl)c1. The number of methoxy groups -OCH3 is 1. The summed E-state index contributed by atoms with van der Waals surface area (Å²) in [6.07, 6.45) is -0.688. The van der Waals surface area contributed by atoms with Crippen LogP contribution in [0.15, 0.2) is 18.2 Å².